The van der Waals surface area contributed by atoms with Gasteiger partial charge in [-0.15, -0.1) is 35.4 Å². The van der Waals surface area contributed by atoms with E-state index in [1.165, 1.54) is 11.8 Å². The van der Waals surface area contributed by atoms with Crippen molar-refractivity contribution in [1.82, 2.24) is 0 Å². The first-order valence-electron chi connectivity index (χ1n) is 5.89. The van der Waals surface area contributed by atoms with Crippen LogP contribution in [0, 0.1) is 23.7 Å². The summed E-state index contributed by atoms with van der Waals surface area (Å²) in [6.07, 6.45) is 1.07. The molecule has 0 spiro atoms. The molecule has 0 unspecified atom stereocenters. The number of ether oxygens (including phenoxy) is 2. The summed E-state index contributed by atoms with van der Waals surface area (Å²) < 4.78 is 9.81. The van der Waals surface area contributed by atoms with Gasteiger partial charge in [-0.25, -0.2) is 0 Å². The predicted octanol–water partition coefficient (Wildman–Crippen LogP) is 1.63. The molecule has 0 atom stereocenters. The summed E-state index contributed by atoms with van der Waals surface area (Å²) in [4.78, 5) is 22.5. The summed E-state index contributed by atoms with van der Waals surface area (Å²) in [6.45, 7) is 4.05. The summed E-state index contributed by atoms with van der Waals surface area (Å²) in [7, 11) is 0. The zero-order valence-electron chi connectivity index (χ0n) is 11.3. The van der Waals surface area contributed by atoms with E-state index in [9.17, 15) is 9.59 Å². The number of hydrogen-bond donors (Lipinski definition) is 0. The van der Waals surface area contributed by atoms with Gasteiger partial charge in [0.05, 0.1) is 11.5 Å². The largest absolute Gasteiger partial charge is 0.464 e. The minimum atomic E-state index is -0.340. The highest BCUT2D eigenvalue weighted by molar-refractivity contribution is 8.00. The molecule has 0 saturated heterocycles. The Morgan fingerprint density at radius 2 is 1.32 bits per heavy atom. The SMILES string of the molecule is CC#CCCOC(=O)CSCC(=O)OCCC#CC. The second-order valence-electron chi connectivity index (χ2n) is 3.29. The van der Waals surface area contributed by atoms with Crippen LogP contribution in [0.15, 0.2) is 0 Å². The molecule has 0 aromatic rings. The minimum absolute atomic E-state index is 0.142. The summed E-state index contributed by atoms with van der Waals surface area (Å²) in [5.74, 6) is 10.6. The molecule has 4 nitrogen and oxygen atoms in total. The van der Waals surface area contributed by atoms with E-state index in [4.69, 9.17) is 9.47 Å². The fourth-order valence-corrected chi connectivity index (χ4v) is 1.58. The predicted molar refractivity (Wildman–Crippen MR) is 75.4 cm³/mol. The number of carbonyl (C=O) groups excluding carboxylic acids is 2. The van der Waals surface area contributed by atoms with E-state index in [-0.39, 0.29) is 23.4 Å². The maximum atomic E-state index is 11.2. The Morgan fingerprint density at radius 3 is 1.68 bits per heavy atom. The highest BCUT2D eigenvalue weighted by Crippen LogP contribution is 2.02. The molecular formula is C14H18O4S. The summed E-state index contributed by atoms with van der Waals surface area (Å²) in [5, 5.41) is 0. The van der Waals surface area contributed by atoms with Gasteiger partial charge in [-0.2, -0.15) is 0 Å². The second-order valence-corrected chi connectivity index (χ2v) is 4.27. The Hall–Kier alpha value is -1.59. The van der Waals surface area contributed by atoms with Crippen molar-refractivity contribution < 1.29 is 19.1 Å². The number of thioether (sulfide) groups is 1. The molecule has 0 aliphatic rings. The molecule has 0 fully saturated rings. The van der Waals surface area contributed by atoms with Crippen molar-refractivity contribution >= 4 is 23.7 Å². The molecule has 0 radical (unpaired) electrons. The second kappa shape index (κ2) is 12.9. The van der Waals surface area contributed by atoms with Gasteiger partial charge in [-0.05, 0) is 13.8 Å². The Balaban J connectivity index is 3.48. The van der Waals surface area contributed by atoms with Crippen LogP contribution in [0.5, 0.6) is 0 Å². The molecule has 0 bridgehead atoms. The summed E-state index contributed by atoms with van der Waals surface area (Å²) >= 11 is 1.18. The van der Waals surface area contributed by atoms with E-state index in [0.29, 0.717) is 26.1 Å². The topological polar surface area (TPSA) is 52.6 Å². The number of carbonyl (C=O) groups is 2. The average molecular weight is 282 g/mol. The van der Waals surface area contributed by atoms with Crippen molar-refractivity contribution in [2.24, 2.45) is 0 Å². The van der Waals surface area contributed by atoms with Gasteiger partial charge >= 0.3 is 11.9 Å². The Bertz CT molecular complexity index is 357. The highest BCUT2D eigenvalue weighted by atomic mass is 32.2. The van der Waals surface area contributed by atoms with Crippen molar-refractivity contribution in [3.8, 4) is 23.7 Å². The van der Waals surface area contributed by atoms with Crippen LogP contribution in [0.1, 0.15) is 26.7 Å². The van der Waals surface area contributed by atoms with Crippen LogP contribution in [0.3, 0.4) is 0 Å². The van der Waals surface area contributed by atoms with E-state index in [0.717, 1.165) is 0 Å². The Labute approximate surface area is 118 Å². The van der Waals surface area contributed by atoms with E-state index < -0.39 is 0 Å². The fraction of sp³-hybridized carbons (Fsp3) is 0.571. The minimum Gasteiger partial charge on any atom is -0.464 e. The van der Waals surface area contributed by atoms with Crippen LogP contribution < -0.4 is 0 Å². The quantitative estimate of drug-likeness (QED) is 0.385. The maximum absolute atomic E-state index is 11.2. The molecular weight excluding hydrogens is 264 g/mol. The van der Waals surface area contributed by atoms with Crippen LogP contribution in [-0.4, -0.2) is 36.7 Å². The van der Waals surface area contributed by atoms with Crippen molar-refractivity contribution in [2.45, 2.75) is 26.7 Å². The van der Waals surface area contributed by atoms with Gasteiger partial charge in [0.25, 0.3) is 0 Å². The third-order valence-corrected chi connectivity index (χ3v) is 2.65. The van der Waals surface area contributed by atoms with E-state index in [1.54, 1.807) is 13.8 Å². The molecule has 0 aliphatic carbocycles. The molecule has 0 N–H and O–H groups in total. The van der Waals surface area contributed by atoms with Crippen LogP contribution in [0.4, 0.5) is 0 Å². The van der Waals surface area contributed by atoms with Crippen LogP contribution in [-0.2, 0) is 19.1 Å². The van der Waals surface area contributed by atoms with Gasteiger partial charge in [0.15, 0.2) is 0 Å². The number of rotatable bonds is 8. The highest BCUT2D eigenvalue weighted by Gasteiger charge is 2.06. The molecule has 104 valence electrons. The van der Waals surface area contributed by atoms with Gasteiger partial charge in [-0.3, -0.25) is 9.59 Å². The van der Waals surface area contributed by atoms with E-state index >= 15 is 0 Å². The number of hydrogen-bond acceptors (Lipinski definition) is 5. The lowest BCUT2D eigenvalue weighted by molar-refractivity contribution is -0.140. The zero-order valence-corrected chi connectivity index (χ0v) is 12.1. The zero-order chi connectivity index (χ0) is 14.3. The number of esters is 2. The third kappa shape index (κ3) is 12.7. The maximum Gasteiger partial charge on any atom is 0.315 e. The molecule has 0 heterocycles. The first-order chi connectivity index (χ1) is 9.20. The van der Waals surface area contributed by atoms with Gasteiger partial charge in [-0.1, -0.05) is 0 Å². The van der Waals surface area contributed by atoms with E-state index in [2.05, 4.69) is 23.7 Å². The van der Waals surface area contributed by atoms with Crippen LogP contribution in [0.25, 0.3) is 0 Å². The fourth-order valence-electron chi connectivity index (χ4n) is 0.983. The first-order valence-corrected chi connectivity index (χ1v) is 7.04. The lowest BCUT2D eigenvalue weighted by Gasteiger charge is -2.03. The molecule has 19 heavy (non-hydrogen) atoms. The first kappa shape index (κ1) is 17.4. The van der Waals surface area contributed by atoms with Crippen molar-refractivity contribution in [3.63, 3.8) is 0 Å². The van der Waals surface area contributed by atoms with E-state index in [1.807, 2.05) is 0 Å². The van der Waals surface area contributed by atoms with Crippen LogP contribution in [0.2, 0.25) is 0 Å². The summed E-state index contributed by atoms with van der Waals surface area (Å²) in [6, 6.07) is 0. The molecule has 5 heteroatoms. The van der Waals surface area contributed by atoms with Gasteiger partial charge in [0.1, 0.15) is 13.2 Å². The van der Waals surface area contributed by atoms with Gasteiger partial charge in [0, 0.05) is 12.8 Å². The Morgan fingerprint density at radius 1 is 0.895 bits per heavy atom. The normalized spacial score (nSPS) is 8.53. The molecule has 0 amide bonds. The van der Waals surface area contributed by atoms with Crippen molar-refractivity contribution in [2.75, 3.05) is 24.7 Å². The monoisotopic (exact) mass is 282 g/mol. The Kier molecular flexibility index (Phi) is 11.8. The summed E-state index contributed by atoms with van der Waals surface area (Å²) in [5.41, 5.74) is 0. The molecule has 0 aromatic carbocycles. The van der Waals surface area contributed by atoms with Crippen LogP contribution >= 0.6 is 11.8 Å². The molecule has 0 rings (SSSR count). The molecule has 0 aromatic heterocycles. The third-order valence-electron chi connectivity index (χ3n) is 1.77. The lowest BCUT2D eigenvalue weighted by atomic mass is 10.4. The van der Waals surface area contributed by atoms with Crippen molar-refractivity contribution in [1.29, 1.82) is 0 Å². The average Bonchev–Trinajstić information content (AvgIpc) is 2.40. The standard InChI is InChI=1S/C14H18O4S/c1-3-5-7-9-17-13(15)11-19-12-14(16)18-10-8-6-4-2/h7-12H2,1-2H3. The van der Waals surface area contributed by atoms with Gasteiger partial charge in [0.2, 0.25) is 0 Å². The smallest absolute Gasteiger partial charge is 0.315 e. The van der Waals surface area contributed by atoms with Gasteiger partial charge < -0.3 is 9.47 Å². The molecule has 0 aliphatic heterocycles. The lowest BCUT2D eigenvalue weighted by Crippen LogP contribution is -2.12. The van der Waals surface area contributed by atoms with Crippen molar-refractivity contribution in [3.05, 3.63) is 0 Å². The molecule has 0 saturated carbocycles.